The molecule has 0 radical (unpaired) electrons. The number of methoxy groups -OCH3 is 2. The standard InChI is InChI=1S/C24H26N2O3/c1-25-12-7-10-20(25)21(27)16-26-13-11-18-14-22(28-2)23(29-3)15-19(18)24(26)17-8-5-4-6-9-17/h4-10,12,14-15,24H,11,13,16H2,1-3H3/t24-/m1/s1. The molecule has 29 heavy (non-hydrogen) atoms. The highest BCUT2D eigenvalue weighted by Crippen LogP contribution is 2.40. The first-order chi connectivity index (χ1) is 14.1. The molecule has 150 valence electrons. The second-order valence-corrected chi connectivity index (χ2v) is 7.37. The number of ketones is 1. The first-order valence-corrected chi connectivity index (χ1v) is 9.80. The highest BCUT2D eigenvalue weighted by Gasteiger charge is 2.31. The molecule has 0 saturated carbocycles. The summed E-state index contributed by atoms with van der Waals surface area (Å²) in [5.74, 6) is 1.58. The molecule has 2 aromatic carbocycles. The predicted molar refractivity (Wildman–Crippen MR) is 113 cm³/mol. The van der Waals surface area contributed by atoms with Gasteiger partial charge in [-0.05, 0) is 47.4 Å². The molecule has 0 unspecified atom stereocenters. The van der Waals surface area contributed by atoms with Gasteiger partial charge in [0.2, 0.25) is 0 Å². The smallest absolute Gasteiger partial charge is 0.193 e. The highest BCUT2D eigenvalue weighted by atomic mass is 16.5. The Morgan fingerprint density at radius 1 is 1.03 bits per heavy atom. The molecule has 5 nitrogen and oxygen atoms in total. The van der Waals surface area contributed by atoms with Crippen LogP contribution in [-0.4, -0.2) is 42.6 Å². The zero-order valence-electron chi connectivity index (χ0n) is 17.1. The summed E-state index contributed by atoms with van der Waals surface area (Å²) in [5, 5.41) is 0. The molecular formula is C24H26N2O3. The number of benzene rings is 2. The lowest BCUT2D eigenvalue weighted by Gasteiger charge is -2.37. The van der Waals surface area contributed by atoms with Crippen molar-refractivity contribution in [2.75, 3.05) is 27.3 Å². The largest absolute Gasteiger partial charge is 0.493 e. The molecule has 0 bridgehead atoms. The number of ether oxygens (including phenoxy) is 2. The number of nitrogens with zero attached hydrogens (tertiary/aromatic N) is 2. The molecule has 1 atom stereocenters. The molecule has 0 fully saturated rings. The normalized spacial score (nSPS) is 16.3. The Morgan fingerprint density at radius 3 is 2.41 bits per heavy atom. The number of aromatic nitrogens is 1. The average Bonchev–Trinajstić information content (AvgIpc) is 3.19. The van der Waals surface area contributed by atoms with Crippen LogP contribution in [-0.2, 0) is 13.5 Å². The summed E-state index contributed by atoms with van der Waals surface area (Å²) in [6, 6.07) is 18.3. The van der Waals surface area contributed by atoms with Crippen LogP contribution >= 0.6 is 0 Å². The van der Waals surface area contributed by atoms with E-state index in [2.05, 4.69) is 29.2 Å². The van der Waals surface area contributed by atoms with Crippen molar-refractivity contribution < 1.29 is 14.3 Å². The maximum absolute atomic E-state index is 13.0. The molecule has 0 aliphatic carbocycles. The van der Waals surface area contributed by atoms with Gasteiger partial charge in [0.15, 0.2) is 17.3 Å². The monoisotopic (exact) mass is 390 g/mol. The van der Waals surface area contributed by atoms with E-state index in [1.807, 2.05) is 48.1 Å². The van der Waals surface area contributed by atoms with Crippen molar-refractivity contribution in [2.45, 2.75) is 12.5 Å². The number of fused-ring (bicyclic) bond motifs is 1. The van der Waals surface area contributed by atoms with Gasteiger partial charge >= 0.3 is 0 Å². The van der Waals surface area contributed by atoms with Crippen LogP contribution in [0.25, 0.3) is 0 Å². The zero-order chi connectivity index (χ0) is 20.4. The quantitative estimate of drug-likeness (QED) is 0.600. The predicted octanol–water partition coefficient (Wildman–Crippen LogP) is 3.87. The lowest BCUT2D eigenvalue weighted by Crippen LogP contribution is -2.39. The fourth-order valence-corrected chi connectivity index (χ4v) is 4.21. The van der Waals surface area contributed by atoms with E-state index in [1.54, 1.807) is 14.2 Å². The first kappa shape index (κ1) is 19.3. The Morgan fingerprint density at radius 2 is 1.76 bits per heavy atom. The van der Waals surface area contributed by atoms with Crippen molar-refractivity contribution in [2.24, 2.45) is 7.05 Å². The molecule has 2 heterocycles. The van der Waals surface area contributed by atoms with Crippen molar-refractivity contribution >= 4 is 5.78 Å². The van der Waals surface area contributed by atoms with Crippen molar-refractivity contribution in [3.8, 4) is 11.5 Å². The molecule has 1 aliphatic heterocycles. The molecule has 3 aromatic rings. The number of aryl methyl sites for hydroxylation is 1. The van der Waals surface area contributed by atoms with E-state index in [1.165, 1.54) is 16.7 Å². The van der Waals surface area contributed by atoms with Crippen molar-refractivity contribution in [1.29, 1.82) is 0 Å². The first-order valence-electron chi connectivity index (χ1n) is 9.80. The number of carbonyl (C=O) groups excluding carboxylic acids is 1. The van der Waals surface area contributed by atoms with Crippen LogP contribution in [0.15, 0.2) is 60.8 Å². The Kier molecular flexibility index (Phi) is 5.41. The Balaban J connectivity index is 1.75. The van der Waals surface area contributed by atoms with Gasteiger partial charge < -0.3 is 14.0 Å². The van der Waals surface area contributed by atoms with Gasteiger partial charge in [0, 0.05) is 19.8 Å². The summed E-state index contributed by atoms with van der Waals surface area (Å²) in [4.78, 5) is 15.3. The maximum atomic E-state index is 13.0. The van der Waals surface area contributed by atoms with E-state index < -0.39 is 0 Å². The van der Waals surface area contributed by atoms with Gasteiger partial charge in [-0.3, -0.25) is 9.69 Å². The van der Waals surface area contributed by atoms with Crippen LogP contribution in [0.1, 0.15) is 33.2 Å². The Labute approximate surface area is 171 Å². The molecule has 0 spiro atoms. The minimum absolute atomic E-state index is 0.0102. The van der Waals surface area contributed by atoms with E-state index in [0.717, 1.165) is 24.4 Å². The summed E-state index contributed by atoms with van der Waals surface area (Å²) < 4.78 is 12.9. The number of carbonyl (C=O) groups is 1. The van der Waals surface area contributed by atoms with E-state index in [-0.39, 0.29) is 11.8 Å². The fourth-order valence-electron chi connectivity index (χ4n) is 4.21. The summed E-state index contributed by atoms with van der Waals surface area (Å²) in [7, 11) is 5.22. The van der Waals surface area contributed by atoms with Crippen molar-refractivity contribution in [3.63, 3.8) is 0 Å². The molecule has 0 N–H and O–H groups in total. The lowest BCUT2D eigenvalue weighted by atomic mass is 9.87. The summed E-state index contributed by atoms with van der Waals surface area (Å²) in [6.45, 7) is 1.17. The number of hydrogen-bond donors (Lipinski definition) is 0. The molecular weight excluding hydrogens is 364 g/mol. The lowest BCUT2D eigenvalue weighted by molar-refractivity contribution is 0.0892. The minimum Gasteiger partial charge on any atom is -0.493 e. The molecule has 4 rings (SSSR count). The number of rotatable bonds is 6. The second kappa shape index (κ2) is 8.13. The van der Waals surface area contributed by atoms with Gasteiger partial charge in [-0.25, -0.2) is 0 Å². The number of Topliss-reactive ketones (excluding diaryl/α,β-unsaturated/α-hetero) is 1. The molecule has 0 amide bonds. The minimum atomic E-state index is -0.0102. The van der Waals surface area contributed by atoms with Gasteiger partial charge in [0.25, 0.3) is 0 Å². The molecule has 1 aromatic heterocycles. The third-order valence-electron chi connectivity index (χ3n) is 5.66. The number of hydrogen-bond acceptors (Lipinski definition) is 4. The maximum Gasteiger partial charge on any atom is 0.193 e. The SMILES string of the molecule is COc1cc2c(cc1OC)[C@@H](c1ccccc1)N(CC(=O)c1cccn1C)CC2. The highest BCUT2D eigenvalue weighted by molar-refractivity contribution is 5.96. The second-order valence-electron chi connectivity index (χ2n) is 7.37. The van der Waals surface area contributed by atoms with Gasteiger partial charge in [-0.15, -0.1) is 0 Å². The molecule has 0 saturated heterocycles. The van der Waals surface area contributed by atoms with Gasteiger partial charge in [-0.1, -0.05) is 30.3 Å². The van der Waals surface area contributed by atoms with Crippen LogP contribution in [0.3, 0.4) is 0 Å². The van der Waals surface area contributed by atoms with Crippen molar-refractivity contribution in [1.82, 2.24) is 9.47 Å². The molecule has 1 aliphatic rings. The topological polar surface area (TPSA) is 43.7 Å². The summed E-state index contributed by atoms with van der Waals surface area (Å²) >= 11 is 0. The van der Waals surface area contributed by atoms with Crippen LogP contribution in [0.5, 0.6) is 11.5 Å². The molecule has 5 heteroatoms. The third kappa shape index (κ3) is 3.66. The van der Waals surface area contributed by atoms with Gasteiger partial charge in [0.1, 0.15) is 0 Å². The van der Waals surface area contributed by atoms with Gasteiger partial charge in [-0.2, -0.15) is 0 Å². The van der Waals surface area contributed by atoms with Crippen LogP contribution in [0.4, 0.5) is 0 Å². The fraction of sp³-hybridized carbons (Fsp3) is 0.292. The van der Waals surface area contributed by atoms with E-state index in [4.69, 9.17) is 9.47 Å². The third-order valence-corrected chi connectivity index (χ3v) is 5.66. The van der Waals surface area contributed by atoms with Gasteiger partial charge in [0.05, 0.1) is 32.5 Å². The Bertz CT molecular complexity index is 1010. The van der Waals surface area contributed by atoms with Crippen LogP contribution < -0.4 is 9.47 Å². The van der Waals surface area contributed by atoms with Crippen LogP contribution in [0.2, 0.25) is 0 Å². The van der Waals surface area contributed by atoms with Crippen LogP contribution in [0, 0.1) is 0 Å². The average molecular weight is 390 g/mol. The summed E-state index contributed by atoms with van der Waals surface area (Å²) in [5.41, 5.74) is 4.30. The van der Waals surface area contributed by atoms with E-state index >= 15 is 0 Å². The Hall–Kier alpha value is -3.05. The van der Waals surface area contributed by atoms with E-state index in [9.17, 15) is 4.79 Å². The zero-order valence-corrected chi connectivity index (χ0v) is 17.1. The van der Waals surface area contributed by atoms with E-state index in [0.29, 0.717) is 12.3 Å². The summed E-state index contributed by atoms with van der Waals surface area (Å²) in [6.07, 6.45) is 2.77. The van der Waals surface area contributed by atoms with Crippen molar-refractivity contribution in [3.05, 3.63) is 83.2 Å².